The Bertz CT molecular complexity index is 1420. The predicted octanol–water partition coefficient (Wildman–Crippen LogP) is 3.71. The Labute approximate surface area is 192 Å². The number of amides is 1. The summed E-state index contributed by atoms with van der Waals surface area (Å²) in [4.78, 5) is 29.5. The fourth-order valence-corrected chi connectivity index (χ4v) is 3.58. The fourth-order valence-electron chi connectivity index (χ4n) is 3.58. The number of nitrogens with zero attached hydrogens (tertiary/aromatic N) is 4. The molecular weight excluding hydrogens is 447 g/mol. The van der Waals surface area contributed by atoms with E-state index in [-0.39, 0.29) is 24.4 Å². The molecule has 10 heteroatoms. The van der Waals surface area contributed by atoms with E-state index in [0.29, 0.717) is 23.3 Å². The summed E-state index contributed by atoms with van der Waals surface area (Å²) in [7, 11) is 0. The highest BCUT2D eigenvalue weighted by Gasteiger charge is 2.30. The van der Waals surface area contributed by atoms with Crippen molar-refractivity contribution < 1.29 is 18.0 Å². The number of aromatic nitrogens is 4. The van der Waals surface area contributed by atoms with Crippen molar-refractivity contribution in [2.45, 2.75) is 33.1 Å². The molecular formula is C24H22F3N5O2. The second kappa shape index (κ2) is 9.12. The SMILES string of the molecule is Cc1ccc(C(=O)NCCn2ncc3c(=O)n(Cc4cccc(C(F)(F)F)c4)cnc32)cc1C. The van der Waals surface area contributed by atoms with Crippen molar-refractivity contribution in [2.24, 2.45) is 0 Å². The van der Waals surface area contributed by atoms with E-state index in [0.717, 1.165) is 23.3 Å². The zero-order valence-corrected chi connectivity index (χ0v) is 18.6. The van der Waals surface area contributed by atoms with Crippen molar-refractivity contribution in [2.75, 3.05) is 6.54 Å². The second-order valence-corrected chi connectivity index (χ2v) is 8.04. The number of benzene rings is 2. The highest BCUT2D eigenvalue weighted by molar-refractivity contribution is 5.94. The molecule has 0 fully saturated rings. The Balaban J connectivity index is 1.46. The molecule has 0 atom stereocenters. The first-order chi connectivity index (χ1) is 16.1. The standard InChI is InChI=1S/C24H22F3N5O2/c1-15-6-7-18(10-16(15)2)22(33)28-8-9-32-21-20(12-30-32)23(34)31(14-29-21)13-17-4-3-5-19(11-17)24(25,26)27/h3-7,10-12,14H,8-9,13H2,1-2H3,(H,28,33). The third-order valence-corrected chi connectivity index (χ3v) is 5.61. The highest BCUT2D eigenvalue weighted by Crippen LogP contribution is 2.29. The van der Waals surface area contributed by atoms with Gasteiger partial charge in [0.15, 0.2) is 5.65 Å². The fraction of sp³-hybridized carbons (Fsp3) is 0.250. The van der Waals surface area contributed by atoms with Crippen molar-refractivity contribution in [3.8, 4) is 0 Å². The Morgan fingerprint density at radius 3 is 2.62 bits per heavy atom. The van der Waals surface area contributed by atoms with Gasteiger partial charge in [0.25, 0.3) is 11.5 Å². The molecule has 0 aliphatic rings. The lowest BCUT2D eigenvalue weighted by atomic mass is 10.1. The number of carbonyl (C=O) groups excluding carboxylic acids is 1. The molecule has 0 saturated carbocycles. The van der Waals surface area contributed by atoms with Crippen LogP contribution in [0.4, 0.5) is 13.2 Å². The number of fused-ring (bicyclic) bond motifs is 1. The van der Waals surface area contributed by atoms with Crippen LogP contribution in [0.15, 0.2) is 59.8 Å². The summed E-state index contributed by atoms with van der Waals surface area (Å²) in [6, 6.07) is 10.3. The van der Waals surface area contributed by atoms with Gasteiger partial charge >= 0.3 is 6.18 Å². The van der Waals surface area contributed by atoms with Crippen molar-refractivity contribution in [1.29, 1.82) is 0 Å². The first-order valence-electron chi connectivity index (χ1n) is 10.6. The summed E-state index contributed by atoms with van der Waals surface area (Å²) >= 11 is 0. The van der Waals surface area contributed by atoms with E-state index < -0.39 is 17.3 Å². The van der Waals surface area contributed by atoms with Crippen LogP contribution in [-0.2, 0) is 19.3 Å². The van der Waals surface area contributed by atoms with Gasteiger partial charge in [0.05, 0.1) is 24.8 Å². The zero-order chi connectivity index (χ0) is 24.5. The summed E-state index contributed by atoms with van der Waals surface area (Å²) in [5, 5.41) is 7.25. The number of nitrogens with one attached hydrogen (secondary N) is 1. The minimum absolute atomic E-state index is 0.0527. The van der Waals surface area contributed by atoms with Crippen LogP contribution in [0.2, 0.25) is 0 Å². The average molecular weight is 469 g/mol. The molecule has 0 aliphatic carbocycles. The van der Waals surface area contributed by atoms with Gasteiger partial charge in [0.2, 0.25) is 0 Å². The van der Waals surface area contributed by atoms with Gasteiger partial charge in [-0.25, -0.2) is 9.67 Å². The average Bonchev–Trinajstić information content (AvgIpc) is 3.21. The van der Waals surface area contributed by atoms with Gasteiger partial charge in [-0.05, 0) is 54.8 Å². The molecule has 0 aliphatic heterocycles. The minimum atomic E-state index is -4.46. The predicted molar refractivity (Wildman–Crippen MR) is 121 cm³/mol. The number of alkyl halides is 3. The summed E-state index contributed by atoms with van der Waals surface area (Å²) in [5.74, 6) is -0.212. The molecule has 7 nitrogen and oxygen atoms in total. The molecule has 34 heavy (non-hydrogen) atoms. The van der Waals surface area contributed by atoms with Gasteiger partial charge in [0, 0.05) is 12.1 Å². The van der Waals surface area contributed by atoms with Gasteiger partial charge in [-0.1, -0.05) is 18.2 Å². The van der Waals surface area contributed by atoms with Crippen molar-refractivity contribution >= 4 is 16.9 Å². The first kappa shape index (κ1) is 23.2. The summed E-state index contributed by atoms with van der Waals surface area (Å²) in [5.41, 5.74) is 2.17. The summed E-state index contributed by atoms with van der Waals surface area (Å²) in [6.45, 7) is 4.43. The first-order valence-corrected chi connectivity index (χ1v) is 10.6. The smallest absolute Gasteiger partial charge is 0.350 e. The number of rotatable bonds is 6. The highest BCUT2D eigenvalue weighted by atomic mass is 19.4. The zero-order valence-electron chi connectivity index (χ0n) is 18.6. The minimum Gasteiger partial charge on any atom is -0.350 e. The Kier molecular flexibility index (Phi) is 6.23. The Hall–Kier alpha value is -3.95. The van der Waals surface area contributed by atoms with Crippen LogP contribution in [0, 0.1) is 13.8 Å². The van der Waals surface area contributed by atoms with E-state index in [1.165, 1.54) is 33.9 Å². The summed E-state index contributed by atoms with van der Waals surface area (Å²) in [6.07, 6.45) is -1.80. The summed E-state index contributed by atoms with van der Waals surface area (Å²) < 4.78 is 41.6. The van der Waals surface area contributed by atoms with Crippen molar-refractivity contribution in [1.82, 2.24) is 24.6 Å². The van der Waals surface area contributed by atoms with Gasteiger partial charge in [-0.3, -0.25) is 14.2 Å². The van der Waals surface area contributed by atoms with Gasteiger partial charge in [-0.15, -0.1) is 0 Å². The van der Waals surface area contributed by atoms with Crippen LogP contribution < -0.4 is 10.9 Å². The quantitative estimate of drug-likeness (QED) is 0.467. The molecule has 0 unspecified atom stereocenters. The third-order valence-electron chi connectivity index (χ3n) is 5.61. The lowest BCUT2D eigenvalue weighted by Crippen LogP contribution is -2.28. The van der Waals surface area contributed by atoms with E-state index in [1.54, 1.807) is 6.07 Å². The Morgan fingerprint density at radius 2 is 1.88 bits per heavy atom. The molecule has 0 bridgehead atoms. The lowest BCUT2D eigenvalue weighted by Gasteiger charge is -2.10. The van der Waals surface area contributed by atoms with Crippen LogP contribution in [0.1, 0.15) is 32.6 Å². The molecule has 2 aromatic carbocycles. The van der Waals surface area contributed by atoms with Gasteiger partial charge in [-0.2, -0.15) is 18.3 Å². The maximum atomic E-state index is 13.0. The number of hydrogen-bond donors (Lipinski definition) is 1. The van der Waals surface area contributed by atoms with Crippen LogP contribution in [-0.4, -0.2) is 31.8 Å². The molecule has 4 rings (SSSR count). The molecule has 176 valence electrons. The van der Waals surface area contributed by atoms with Crippen LogP contribution in [0.5, 0.6) is 0 Å². The van der Waals surface area contributed by atoms with E-state index in [4.69, 9.17) is 0 Å². The van der Waals surface area contributed by atoms with Gasteiger partial charge in [0.1, 0.15) is 11.7 Å². The number of carbonyl (C=O) groups is 1. The van der Waals surface area contributed by atoms with E-state index in [9.17, 15) is 22.8 Å². The monoisotopic (exact) mass is 469 g/mol. The molecule has 0 spiro atoms. The second-order valence-electron chi connectivity index (χ2n) is 8.04. The molecule has 0 saturated heterocycles. The molecule has 0 radical (unpaired) electrons. The lowest BCUT2D eigenvalue weighted by molar-refractivity contribution is -0.137. The number of hydrogen-bond acceptors (Lipinski definition) is 4. The van der Waals surface area contributed by atoms with E-state index >= 15 is 0 Å². The molecule has 2 heterocycles. The normalized spacial score (nSPS) is 11.7. The van der Waals surface area contributed by atoms with Crippen LogP contribution >= 0.6 is 0 Å². The number of halogens is 3. The van der Waals surface area contributed by atoms with Crippen LogP contribution in [0.3, 0.4) is 0 Å². The van der Waals surface area contributed by atoms with E-state index in [2.05, 4.69) is 15.4 Å². The topological polar surface area (TPSA) is 81.8 Å². The third kappa shape index (κ3) is 4.85. The maximum Gasteiger partial charge on any atom is 0.416 e. The molecule has 1 N–H and O–H groups in total. The molecule has 1 amide bonds. The van der Waals surface area contributed by atoms with E-state index in [1.807, 2.05) is 26.0 Å². The number of aryl methyl sites for hydroxylation is 2. The van der Waals surface area contributed by atoms with Crippen molar-refractivity contribution in [3.05, 3.63) is 93.2 Å². The Morgan fingerprint density at radius 1 is 1.09 bits per heavy atom. The maximum absolute atomic E-state index is 13.0. The van der Waals surface area contributed by atoms with Crippen molar-refractivity contribution in [3.63, 3.8) is 0 Å². The molecule has 2 aromatic heterocycles. The molecule has 4 aromatic rings. The largest absolute Gasteiger partial charge is 0.416 e. The van der Waals surface area contributed by atoms with Crippen LogP contribution in [0.25, 0.3) is 11.0 Å². The van der Waals surface area contributed by atoms with Gasteiger partial charge < -0.3 is 5.32 Å².